The van der Waals surface area contributed by atoms with Gasteiger partial charge in [-0.05, 0) is 43.5 Å². The van der Waals surface area contributed by atoms with Crippen molar-refractivity contribution >= 4 is 0 Å². The van der Waals surface area contributed by atoms with Gasteiger partial charge < -0.3 is 10.1 Å². The number of ether oxygens (including phenoxy) is 1. The van der Waals surface area contributed by atoms with Crippen LogP contribution in [0.5, 0.6) is 5.75 Å². The van der Waals surface area contributed by atoms with Gasteiger partial charge in [-0.3, -0.25) is 0 Å². The third-order valence-electron chi connectivity index (χ3n) is 4.57. The van der Waals surface area contributed by atoms with E-state index in [0.717, 1.165) is 24.8 Å². The summed E-state index contributed by atoms with van der Waals surface area (Å²) in [4.78, 5) is 0. The van der Waals surface area contributed by atoms with Crippen LogP contribution in [0.2, 0.25) is 0 Å². The fraction of sp³-hybridized carbons (Fsp3) is 0.684. The molecule has 2 nitrogen and oxygen atoms in total. The molecule has 21 heavy (non-hydrogen) atoms. The minimum absolute atomic E-state index is 0.471. The highest BCUT2D eigenvalue weighted by Crippen LogP contribution is 2.32. The maximum absolute atomic E-state index is 5.66. The Kier molecular flexibility index (Phi) is 7.08. The number of hydrogen-bond donors (Lipinski definition) is 1. The van der Waals surface area contributed by atoms with Gasteiger partial charge in [0.05, 0.1) is 6.61 Å². The van der Waals surface area contributed by atoms with Crippen LogP contribution in [-0.2, 0) is 0 Å². The van der Waals surface area contributed by atoms with Gasteiger partial charge in [0.15, 0.2) is 0 Å². The van der Waals surface area contributed by atoms with Gasteiger partial charge in [-0.15, -0.1) is 0 Å². The zero-order valence-corrected chi connectivity index (χ0v) is 13.7. The molecule has 1 N–H and O–H groups in total. The van der Waals surface area contributed by atoms with Gasteiger partial charge in [-0.1, -0.05) is 57.6 Å². The first-order valence-electron chi connectivity index (χ1n) is 8.79. The van der Waals surface area contributed by atoms with E-state index in [9.17, 15) is 0 Å². The van der Waals surface area contributed by atoms with Crippen LogP contribution in [0.25, 0.3) is 0 Å². The molecule has 0 heterocycles. The Morgan fingerprint density at radius 1 is 1.14 bits per heavy atom. The van der Waals surface area contributed by atoms with Crippen molar-refractivity contribution in [3.05, 3.63) is 29.8 Å². The van der Waals surface area contributed by atoms with Crippen molar-refractivity contribution in [3.63, 3.8) is 0 Å². The highest BCUT2D eigenvalue weighted by molar-refractivity contribution is 5.30. The summed E-state index contributed by atoms with van der Waals surface area (Å²) in [6.45, 7) is 6.00. The summed E-state index contributed by atoms with van der Waals surface area (Å²) >= 11 is 0. The lowest BCUT2D eigenvalue weighted by molar-refractivity contribution is 0.336. The summed E-state index contributed by atoms with van der Waals surface area (Å²) in [5, 5.41) is 3.68. The predicted octanol–water partition coefficient (Wildman–Crippen LogP) is 5.10. The van der Waals surface area contributed by atoms with Crippen LogP contribution >= 0.6 is 0 Å². The quantitative estimate of drug-likeness (QED) is 0.705. The van der Waals surface area contributed by atoms with Gasteiger partial charge in [0.25, 0.3) is 0 Å². The maximum atomic E-state index is 5.66. The van der Waals surface area contributed by atoms with Crippen LogP contribution in [0.4, 0.5) is 0 Å². The lowest BCUT2D eigenvalue weighted by atomic mass is 9.89. The number of hydrogen-bond acceptors (Lipinski definition) is 2. The molecular formula is C19H31NO. The molecule has 1 fully saturated rings. The Balaban J connectivity index is 2.04. The third kappa shape index (κ3) is 5.35. The van der Waals surface area contributed by atoms with E-state index >= 15 is 0 Å². The Morgan fingerprint density at radius 2 is 1.90 bits per heavy atom. The SMILES string of the molecule is CCNC(CC1CCCCCC1)c1cccc(OCC)c1. The molecule has 1 aromatic rings. The molecule has 1 aliphatic carbocycles. The second kappa shape index (κ2) is 9.09. The Bertz CT molecular complexity index is 396. The van der Waals surface area contributed by atoms with Crippen LogP contribution in [0.1, 0.15) is 70.4 Å². The molecule has 1 aromatic carbocycles. The van der Waals surface area contributed by atoms with Gasteiger partial charge in [0.2, 0.25) is 0 Å². The molecule has 2 heteroatoms. The summed E-state index contributed by atoms with van der Waals surface area (Å²) in [5.41, 5.74) is 1.38. The van der Waals surface area contributed by atoms with Gasteiger partial charge >= 0.3 is 0 Å². The molecule has 0 bridgehead atoms. The van der Waals surface area contributed by atoms with Gasteiger partial charge in [-0.2, -0.15) is 0 Å². The van der Waals surface area contributed by atoms with E-state index < -0.39 is 0 Å². The van der Waals surface area contributed by atoms with Crippen molar-refractivity contribution in [2.24, 2.45) is 5.92 Å². The smallest absolute Gasteiger partial charge is 0.119 e. The highest BCUT2D eigenvalue weighted by atomic mass is 16.5. The second-order valence-electron chi connectivity index (χ2n) is 6.21. The minimum Gasteiger partial charge on any atom is -0.494 e. The van der Waals surface area contributed by atoms with Crippen molar-refractivity contribution in [1.29, 1.82) is 0 Å². The third-order valence-corrected chi connectivity index (χ3v) is 4.57. The number of rotatable bonds is 7. The standard InChI is InChI=1S/C19H31NO/c1-3-20-19(14-16-10-7-5-6-8-11-16)17-12-9-13-18(15-17)21-4-2/h9,12-13,15-16,19-20H,3-8,10-11,14H2,1-2H3. The van der Waals surface area contributed by atoms with Crippen LogP contribution < -0.4 is 10.1 Å². The topological polar surface area (TPSA) is 21.3 Å². The van der Waals surface area contributed by atoms with Crippen LogP contribution in [0.3, 0.4) is 0 Å². The molecule has 0 spiro atoms. The summed E-state index contributed by atoms with van der Waals surface area (Å²) in [6.07, 6.45) is 9.79. The molecule has 1 saturated carbocycles. The first-order chi connectivity index (χ1) is 10.3. The van der Waals surface area contributed by atoms with Crippen LogP contribution in [0, 0.1) is 5.92 Å². The number of benzene rings is 1. The van der Waals surface area contributed by atoms with Crippen molar-refractivity contribution in [1.82, 2.24) is 5.32 Å². The Morgan fingerprint density at radius 3 is 2.57 bits per heavy atom. The normalized spacial score (nSPS) is 18.2. The largest absolute Gasteiger partial charge is 0.494 e. The molecule has 0 aromatic heterocycles. The molecule has 1 aliphatic rings. The average molecular weight is 289 g/mol. The zero-order valence-electron chi connectivity index (χ0n) is 13.7. The Hall–Kier alpha value is -1.02. The minimum atomic E-state index is 0.471. The second-order valence-corrected chi connectivity index (χ2v) is 6.21. The van der Waals surface area contributed by atoms with Crippen molar-refractivity contribution < 1.29 is 4.74 Å². The fourth-order valence-electron chi connectivity index (χ4n) is 3.50. The van der Waals surface area contributed by atoms with Gasteiger partial charge in [0, 0.05) is 6.04 Å². The monoisotopic (exact) mass is 289 g/mol. The predicted molar refractivity (Wildman–Crippen MR) is 89.8 cm³/mol. The highest BCUT2D eigenvalue weighted by Gasteiger charge is 2.19. The first-order valence-corrected chi connectivity index (χ1v) is 8.79. The molecule has 0 saturated heterocycles. The molecule has 1 unspecified atom stereocenters. The van der Waals surface area contributed by atoms with E-state index in [0.29, 0.717) is 6.04 Å². The molecular weight excluding hydrogens is 258 g/mol. The van der Waals surface area contributed by atoms with Crippen LogP contribution in [-0.4, -0.2) is 13.2 Å². The van der Waals surface area contributed by atoms with E-state index in [1.54, 1.807) is 0 Å². The lowest BCUT2D eigenvalue weighted by Gasteiger charge is -2.24. The van der Waals surface area contributed by atoms with Crippen molar-refractivity contribution in [2.45, 2.75) is 64.8 Å². The molecule has 0 aliphatic heterocycles. The van der Waals surface area contributed by atoms with E-state index in [1.807, 2.05) is 6.92 Å². The molecule has 1 atom stereocenters. The lowest BCUT2D eigenvalue weighted by Crippen LogP contribution is -2.23. The number of nitrogens with one attached hydrogen (secondary N) is 1. The average Bonchev–Trinajstić information content (AvgIpc) is 2.76. The summed E-state index contributed by atoms with van der Waals surface area (Å²) in [5.74, 6) is 1.88. The first kappa shape index (κ1) is 16.4. The zero-order chi connectivity index (χ0) is 14.9. The van der Waals surface area contributed by atoms with Crippen molar-refractivity contribution in [3.8, 4) is 5.75 Å². The van der Waals surface area contributed by atoms with E-state index in [4.69, 9.17) is 4.74 Å². The maximum Gasteiger partial charge on any atom is 0.119 e. The summed E-state index contributed by atoms with van der Waals surface area (Å²) in [6, 6.07) is 9.11. The molecule has 2 rings (SSSR count). The van der Waals surface area contributed by atoms with Crippen molar-refractivity contribution in [2.75, 3.05) is 13.2 Å². The molecule has 0 amide bonds. The van der Waals surface area contributed by atoms with E-state index in [2.05, 4.69) is 36.5 Å². The van der Waals surface area contributed by atoms with E-state index in [-0.39, 0.29) is 0 Å². The van der Waals surface area contributed by atoms with Crippen LogP contribution in [0.15, 0.2) is 24.3 Å². The fourth-order valence-corrected chi connectivity index (χ4v) is 3.50. The molecule has 118 valence electrons. The summed E-state index contributed by atoms with van der Waals surface area (Å²) in [7, 11) is 0. The van der Waals surface area contributed by atoms with Gasteiger partial charge in [0.1, 0.15) is 5.75 Å². The Labute approximate surface area is 130 Å². The van der Waals surface area contributed by atoms with Gasteiger partial charge in [-0.25, -0.2) is 0 Å². The summed E-state index contributed by atoms with van der Waals surface area (Å²) < 4.78 is 5.66. The molecule has 0 radical (unpaired) electrons. The van der Waals surface area contributed by atoms with E-state index in [1.165, 1.54) is 50.5 Å².